The van der Waals surface area contributed by atoms with Crippen molar-refractivity contribution in [3.63, 3.8) is 0 Å². The average Bonchev–Trinajstić information content (AvgIpc) is 2.56. The number of carbonyl (C=O) groups is 2. The summed E-state index contributed by atoms with van der Waals surface area (Å²) in [7, 11) is 0. The molecule has 18 heavy (non-hydrogen) atoms. The molecule has 2 aliphatic heterocycles. The average molecular weight is 250 g/mol. The monoisotopic (exact) mass is 250 g/mol. The summed E-state index contributed by atoms with van der Waals surface area (Å²) in [5.74, 6) is -1.30. The van der Waals surface area contributed by atoms with E-state index in [9.17, 15) is 25.0 Å². The highest BCUT2D eigenvalue weighted by atomic mass is 16.5. The maximum Gasteiger partial charge on any atom is 0.345 e. The molecular weight excluding hydrogens is 240 g/mol. The van der Waals surface area contributed by atoms with E-state index >= 15 is 0 Å². The van der Waals surface area contributed by atoms with Crippen LogP contribution in [0.15, 0.2) is 18.2 Å². The largest absolute Gasteiger partial charge is 0.508 e. The molecule has 7 heteroatoms. The van der Waals surface area contributed by atoms with Crippen LogP contribution in [-0.2, 0) is 4.79 Å². The van der Waals surface area contributed by atoms with Crippen molar-refractivity contribution < 1.29 is 25.0 Å². The van der Waals surface area contributed by atoms with Gasteiger partial charge >= 0.3 is 12.0 Å². The molecular formula is C11H10N2O5. The Morgan fingerprint density at radius 2 is 2.11 bits per heavy atom. The van der Waals surface area contributed by atoms with Crippen LogP contribution in [0.4, 0.5) is 4.79 Å². The standard InChI is InChI=1S/C11H10N2O5/c14-7-3-1-2-5-8(7)6-4-12(9(5)10(15)16)11(17)13(6)18/h1-3,6,9,14,18H,4H2,(H,15,16). The number of carbonyl (C=O) groups excluding carboxylic acids is 1. The van der Waals surface area contributed by atoms with E-state index in [4.69, 9.17) is 0 Å². The fraction of sp³-hybridized carbons (Fsp3) is 0.273. The summed E-state index contributed by atoms with van der Waals surface area (Å²) in [6.07, 6.45) is 0. The topological polar surface area (TPSA) is 101 Å². The molecule has 2 atom stereocenters. The number of benzene rings is 1. The Kier molecular flexibility index (Phi) is 2.02. The van der Waals surface area contributed by atoms with Crippen molar-refractivity contribution in [1.29, 1.82) is 0 Å². The van der Waals surface area contributed by atoms with Crippen molar-refractivity contribution in [2.45, 2.75) is 12.1 Å². The first kappa shape index (κ1) is 10.8. The lowest BCUT2D eigenvalue weighted by molar-refractivity contribution is -0.142. The summed E-state index contributed by atoms with van der Waals surface area (Å²) in [4.78, 5) is 24.1. The Hall–Kier alpha value is -2.28. The van der Waals surface area contributed by atoms with E-state index in [1.54, 1.807) is 6.07 Å². The van der Waals surface area contributed by atoms with E-state index in [2.05, 4.69) is 0 Å². The number of hydroxylamine groups is 2. The number of rotatable bonds is 1. The minimum Gasteiger partial charge on any atom is -0.508 e. The quantitative estimate of drug-likeness (QED) is 0.637. The van der Waals surface area contributed by atoms with Gasteiger partial charge in [0.05, 0.1) is 6.54 Å². The van der Waals surface area contributed by atoms with Crippen LogP contribution in [0.25, 0.3) is 0 Å². The second kappa shape index (κ2) is 3.36. The zero-order valence-corrected chi connectivity index (χ0v) is 9.15. The Labute approximate surface area is 101 Å². The normalized spacial score (nSPS) is 25.3. The third-order valence-corrected chi connectivity index (χ3v) is 3.40. The van der Waals surface area contributed by atoms with Gasteiger partial charge in [-0.2, -0.15) is 5.06 Å². The smallest absolute Gasteiger partial charge is 0.345 e. The van der Waals surface area contributed by atoms with Crippen LogP contribution in [-0.4, -0.2) is 43.9 Å². The Balaban J connectivity index is 2.26. The molecule has 3 N–H and O–H groups in total. The zero-order chi connectivity index (χ0) is 13.0. The highest BCUT2D eigenvalue weighted by Crippen LogP contribution is 2.46. The minimum atomic E-state index is -1.19. The van der Waals surface area contributed by atoms with Crippen molar-refractivity contribution in [3.05, 3.63) is 29.3 Å². The number of amides is 2. The third-order valence-electron chi connectivity index (χ3n) is 3.40. The summed E-state index contributed by atoms with van der Waals surface area (Å²) in [6.45, 7) is 0.0525. The number of hydrogen-bond acceptors (Lipinski definition) is 4. The lowest BCUT2D eigenvalue weighted by Gasteiger charge is -2.30. The highest BCUT2D eigenvalue weighted by molar-refractivity contribution is 5.87. The van der Waals surface area contributed by atoms with Gasteiger partial charge in [0.25, 0.3) is 0 Å². The predicted octanol–water partition coefficient (Wildman–Crippen LogP) is 0.699. The van der Waals surface area contributed by atoms with Crippen molar-refractivity contribution in [1.82, 2.24) is 9.96 Å². The first-order valence-electron chi connectivity index (χ1n) is 5.35. The van der Waals surface area contributed by atoms with Crippen LogP contribution in [0.5, 0.6) is 5.75 Å². The number of urea groups is 1. The van der Waals surface area contributed by atoms with Gasteiger partial charge < -0.3 is 15.1 Å². The number of phenols is 1. The summed E-state index contributed by atoms with van der Waals surface area (Å²) < 4.78 is 0. The lowest BCUT2D eigenvalue weighted by atomic mass is 9.90. The van der Waals surface area contributed by atoms with E-state index in [-0.39, 0.29) is 12.3 Å². The van der Waals surface area contributed by atoms with Gasteiger partial charge in [-0.15, -0.1) is 0 Å². The van der Waals surface area contributed by atoms with Crippen LogP contribution in [0.1, 0.15) is 23.2 Å². The molecule has 0 aliphatic carbocycles. The molecule has 0 saturated carbocycles. The molecule has 1 aromatic rings. The summed E-state index contributed by atoms with van der Waals surface area (Å²) in [5, 5.41) is 29.2. The van der Waals surface area contributed by atoms with Gasteiger partial charge in [0.15, 0.2) is 6.04 Å². The Morgan fingerprint density at radius 3 is 2.78 bits per heavy atom. The second-order valence-electron chi connectivity index (χ2n) is 4.32. The molecule has 94 valence electrons. The van der Waals surface area contributed by atoms with E-state index in [1.165, 1.54) is 12.1 Å². The van der Waals surface area contributed by atoms with Crippen LogP contribution in [0.2, 0.25) is 0 Å². The highest BCUT2D eigenvalue weighted by Gasteiger charge is 2.51. The van der Waals surface area contributed by atoms with Gasteiger partial charge in [-0.1, -0.05) is 12.1 Å². The van der Waals surface area contributed by atoms with Gasteiger partial charge in [-0.3, -0.25) is 5.21 Å². The van der Waals surface area contributed by atoms with Crippen LogP contribution in [0.3, 0.4) is 0 Å². The van der Waals surface area contributed by atoms with Crippen LogP contribution in [0, 0.1) is 0 Å². The molecule has 1 saturated heterocycles. The van der Waals surface area contributed by atoms with Crippen molar-refractivity contribution in [2.75, 3.05) is 6.54 Å². The molecule has 2 aliphatic rings. The Bertz CT molecular complexity index is 558. The molecule has 1 fully saturated rings. The van der Waals surface area contributed by atoms with E-state index in [1.807, 2.05) is 0 Å². The zero-order valence-electron chi connectivity index (χ0n) is 9.15. The summed E-state index contributed by atoms with van der Waals surface area (Å²) in [6, 6.07) is 1.81. The Morgan fingerprint density at radius 1 is 1.39 bits per heavy atom. The van der Waals surface area contributed by atoms with E-state index < -0.39 is 24.1 Å². The number of aromatic hydroxyl groups is 1. The second-order valence-corrected chi connectivity index (χ2v) is 4.32. The van der Waals surface area contributed by atoms with Crippen molar-refractivity contribution in [3.8, 4) is 5.75 Å². The SMILES string of the molecule is O=C(O)C1c2cccc(O)c2C2CN1C(=O)N2O. The van der Waals surface area contributed by atoms with Crippen molar-refractivity contribution >= 4 is 12.0 Å². The van der Waals surface area contributed by atoms with Gasteiger partial charge in [-0.25, -0.2) is 9.59 Å². The summed E-state index contributed by atoms with van der Waals surface area (Å²) >= 11 is 0. The molecule has 3 rings (SSSR count). The fourth-order valence-corrected chi connectivity index (χ4v) is 2.64. The van der Waals surface area contributed by atoms with E-state index in [0.717, 1.165) is 4.90 Å². The lowest BCUT2D eigenvalue weighted by Crippen LogP contribution is -2.38. The molecule has 0 spiro atoms. The van der Waals surface area contributed by atoms with Gasteiger partial charge in [0.2, 0.25) is 0 Å². The van der Waals surface area contributed by atoms with E-state index in [0.29, 0.717) is 16.2 Å². The van der Waals surface area contributed by atoms with Crippen molar-refractivity contribution in [2.24, 2.45) is 0 Å². The first-order valence-corrected chi connectivity index (χ1v) is 5.35. The minimum absolute atomic E-state index is 0.0525. The molecule has 2 bridgehead atoms. The number of nitrogens with zero attached hydrogens (tertiary/aromatic N) is 2. The molecule has 1 aromatic carbocycles. The molecule has 7 nitrogen and oxygen atoms in total. The number of fused-ring (bicyclic) bond motifs is 4. The van der Waals surface area contributed by atoms with Gasteiger partial charge in [0.1, 0.15) is 11.8 Å². The molecule has 0 aromatic heterocycles. The maximum atomic E-state index is 11.7. The molecule has 2 amide bonds. The van der Waals surface area contributed by atoms with Gasteiger partial charge in [0, 0.05) is 5.56 Å². The fourth-order valence-electron chi connectivity index (χ4n) is 2.64. The first-order chi connectivity index (χ1) is 8.52. The van der Waals surface area contributed by atoms with Crippen LogP contribution >= 0.6 is 0 Å². The molecule has 2 heterocycles. The summed E-state index contributed by atoms with van der Waals surface area (Å²) in [5.41, 5.74) is 0.637. The number of phenolic OH excluding ortho intramolecular Hbond substituents is 1. The number of carboxylic acid groups (broad SMARTS) is 1. The number of aliphatic carboxylic acids is 1. The molecule has 2 unspecified atom stereocenters. The number of carboxylic acids is 1. The number of hydrogen-bond donors (Lipinski definition) is 3. The maximum absolute atomic E-state index is 11.7. The van der Waals surface area contributed by atoms with Gasteiger partial charge in [-0.05, 0) is 11.6 Å². The van der Waals surface area contributed by atoms with Crippen LogP contribution < -0.4 is 0 Å². The predicted molar refractivity (Wildman–Crippen MR) is 57.0 cm³/mol. The third kappa shape index (κ3) is 1.16. The molecule has 0 radical (unpaired) electrons.